The molecule has 0 heterocycles. The second kappa shape index (κ2) is 4.39. The Morgan fingerprint density at radius 1 is 1.16 bits per heavy atom. The lowest BCUT2D eigenvalue weighted by atomic mass is 9.83. The maximum Gasteiger partial charge on any atom is 0.309 e. The number of alkyl halides is 2. The Bertz CT molecular complexity index is 475. The topological polar surface area (TPSA) is 55.8 Å². The van der Waals surface area contributed by atoms with E-state index in [1.54, 1.807) is 6.92 Å². The molecule has 0 spiro atoms. The zero-order valence-electron chi connectivity index (χ0n) is 10.3. The third kappa shape index (κ3) is 1.34. The lowest BCUT2D eigenvalue weighted by Crippen LogP contribution is -2.57. The van der Waals surface area contributed by atoms with Crippen molar-refractivity contribution in [2.24, 2.45) is 11.8 Å². The molecule has 2 bridgehead atoms. The van der Waals surface area contributed by atoms with E-state index >= 15 is 0 Å². The number of carbonyl (C=O) groups is 1. The van der Waals surface area contributed by atoms with Gasteiger partial charge in [-0.1, -0.05) is 30.1 Å². The van der Waals surface area contributed by atoms with Gasteiger partial charge in [0.05, 0.1) is 16.0 Å². The third-order valence-corrected chi connectivity index (χ3v) is 6.91. The number of halogens is 4. The summed E-state index contributed by atoms with van der Waals surface area (Å²) in [5, 5.41) is 9.46. The van der Waals surface area contributed by atoms with E-state index in [0.717, 1.165) is 0 Å². The Kier molecular flexibility index (Phi) is 3.62. The van der Waals surface area contributed by atoms with Crippen LogP contribution >= 0.6 is 46.4 Å². The summed E-state index contributed by atoms with van der Waals surface area (Å²) in [6, 6.07) is 0. The molecule has 19 heavy (non-hydrogen) atoms. The fraction of sp³-hybridized carbons (Fsp3) is 0.727. The first-order valence-electron chi connectivity index (χ1n) is 5.44. The highest BCUT2D eigenvalue weighted by molar-refractivity contribution is 6.52. The minimum absolute atomic E-state index is 0.0416. The first-order valence-corrected chi connectivity index (χ1v) is 6.95. The summed E-state index contributed by atoms with van der Waals surface area (Å²) in [4.78, 5) is 8.43. The molecule has 1 saturated carbocycles. The van der Waals surface area contributed by atoms with Crippen molar-refractivity contribution >= 4 is 52.4 Å². The van der Waals surface area contributed by atoms with Crippen molar-refractivity contribution in [2.75, 3.05) is 14.2 Å². The minimum Gasteiger partial charge on any atom is -0.481 e. The molecule has 0 aromatic heterocycles. The van der Waals surface area contributed by atoms with Crippen molar-refractivity contribution in [3.8, 4) is 0 Å². The van der Waals surface area contributed by atoms with E-state index < -0.39 is 33.3 Å². The van der Waals surface area contributed by atoms with Crippen LogP contribution < -0.4 is 0 Å². The molecule has 108 valence electrons. The highest BCUT2D eigenvalue weighted by Crippen LogP contribution is 2.73. The monoisotopic (exact) mass is 348 g/mol. The van der Waals surface area contributed by atoms with Gasteiger partial charge in [-0.15, -0.1) is 23.2 Å². The smallest absolute Gasteiger partial charge is 0.309 e. The molecule has 2 rings (SSSR count). The van der Waals surface area contributed by atoms with Crippen LogP contribution in [0.3, 0.4) is 0 Å². The Morgan fingerprint density at radius 2 is 1.58 bits per heavy atom. The van der Waals surface area contributed by atoms with Crippen molar-refractivity contribution in [3.63, 3.8) is 0 Å². The lowest BCUT2D eigenvalue weighted by molar-refractivity contribution is -0.220. The number of hydrogen-bond donors (Lipinski definition) is 1. The predicted molar refractivity (Wildman–Crippen MR) is 72.9 cm³/mol. The van der Waals surface area contributed by atoms with E-state index in [-0.39, 0.29) is 10.1 Å². The number of fused-ring (bicyclic) bond motifs is 2. The number of carboxylic acids is 1. The molecule has 0 amide bonds. The van der Waals surface area contributed by atoms with E-state index in [9.17, 15) is 9.90 Å². The van der Waals surface area contributed by atoms with Crippen molar-refractivity contribution in [1.82, 2.24) is 0 Å². The molecule has 2 aliphatic rings. The van der Waals surface area contributed by atoms with Crippen LogP contribution in [0.2, 0.25) is 0 Å². The minimum atomic E-state index is -1.66. The molecule has 1 N–H and O–H groups in total. The van der Waals surface area contributed by atoms with Gasteiger partial charge in [-0.2, -0.15) is 0 Å². The molecule has 0 radical (unpaired) electrons. The lowest BCUT2D eigenvalue weighted by Gasteiger charge is -2.41. The van der Waals surface area contributed by atoms with Crippen LogP contribution in [-0.2, 0) is 14.3 Å². The third-order valence-electron chi connectivity index (χ3n) is 4.19. The molecular formula is C11H12Cl4O4. The van der Waals surface area contributed by atoms with Crippen LogP contribution in [0, 0.1) is 11.8 Å². The maximum atomic E-state index is 11.5. The molecule has 0 aliphatic heterocycles. The van der Waals surface area contributed by atoms with Gasteiger partial charge in [-0.05, 0) is 0 Å². The van der Waals surface area contributed by atoms with E-state index in [2.05, 4.69) is 0 Å². The Morgan fingerprint density at radius 3 is 1.89 bits per heavy atom. The average Bonchev–Trinajstić information content (AvgIpc) is 2.58. The second-order valence-electron chi connectivity index (χ2n) is 4.68. The summed E-state index contributed by atoms with van der Waals surface area (Å²) < 4.78 is 10.7. The molecule has 8 heteroatoms. The van der Waals surface area contributed by atoms with Crippen molar-refractivity contribution in [1.29, 1.82) is 0 Å². The molecule has 2 aliphatic carbocycles. The zero-order chi connectivity index (χ0) is 14.8. The van der Waals surface area contributed by atoms with Crippen LogP contribution in [0.1, 0.15) is 6.92 Å². The number of methoxy groups -OCH3 is 2. The summed E-state index contributed by atoms with van der Waals surface area (Å²) in [5.41, 5.74) is 0. The summed E-state index contributed by atoms with van der Waals surface area (Å²) in [5.74, 6) is -4.48. The van der Waals surface area contributed by atoms with Gasteiger partial charge in [-0.3, -0.25) is 4.79 Å². The van der Waals surface area contributed by atoms with E-state index in [4.69, 9.17) is 55.9 Å². The molecule has 0 aromatic rings. The van der Waals surface area contributed by atoms with Crippen molar-refractivity contribution in [3.05, 3.63) is 10.1 Å². The van der Waals surface area contributed by atoms with Crippen LogP contribution in [0.4, 0.5) is 0 Å². The molecule has 1 fully saturated rings. The Labute approximate surface area is 130 Å². The predicted octanol–water partition coefficient (Wildman–Crippen LogP) is 2.98. The van der Waals surface area contributed by atoms with E-state index in [0.29, 0.717) is 0 Å². The largest absolute Gasteiger partial charge is 0.481 e. The average molecular weight is 350 g/mol. The van der Waals surface area contributed by atoms with Crippen molar-refractivity contribution < 1.29 is 19.4 Å². The number of ether oxygens (including phenoxy) is 2. The van der Waals surface area contributed by atoms with Crippen LogP contribution in [0.5, 0.6) is 0 Å². The maximum absolute atomic E-state index is 11.5. The molecule has 4 nitrogen and oxygen atoms in total. The number of carboxylic acid groups (broad SMARTS) is 1. The molecule has 0 aromatic carbocycles. The van der Waals surface area contributed by atoms with E-state index in [1.165, 1.54) is 14.2 Å². The van der Waals surface area contributed by atoms with Gasteiger partial charge < -0.3 is 14.6 Å². The van der Waals surface area contributed by atoms with E-state index in [1.807, 2.05) is 0 Å². The number of hydrogen-bond acceptors (Lipinski definition) is 3. The summed E-state index contributed by atoms with van der Waals surface area (Å²) in [6.45, 7) is 1.63. The molecule has 0 saturated heterocycles. The fourth-order valence-corrected chi connectivity index (χ4v) is 5.54. The van der Waals surface area contributed by atoms with Gasteiger partial charge in [0.2, 0.25) is 5.79 Å². The second-order valence-corrected chi connectivity index (χ2v) is 6.63. The summed E-state index contributed by atoms with van der Waals surface area (Å²) in [6.07, 6.45) is 0. The fourth-order valence-electron chi connectivity index (χ4n) is 3.35. The van der Waals surface area contributed by atoms with Crippen LogP contribution in [0.25, 0.3) is 0 Å². The molecule has 2 unspecified atom stereocenters. The normalized spacial score (nSPS) is 43.9. The highest BCUT2D eigenvalue weighted by atomic mass is 35.5. The van der Waals surface area contributed by atoms with Gasteiger partial charge in [0.1, 0.15) is 4.87 Å². The first-order chi connectivity index (χ1) is 8.66. The van der Waals surface area contributed by atoms with Gasteiger partial charge in [0.25, 0.3) is 0 Å². The van der Waals surface area contributed by atoms with Gasteiger partial charge in [0.15, 0.2) is 4.87 Å². The molecular weight excluding hydrogens is 338 g/mol. The van der Waals surface area contributed by atoms with Crippen molar-refractivity contribution in [2.45, 2.75) is 22.5 Å². The standard InChI is InChI=1S/C11H12Cl4O4/c1-4-5(8(16)17)10(15)7(13)6(12)9(4,14)11(10,18-2)19-3/h4-5H,1-3H3,(H,16,17)/t4-,5+,9?,10?/m0/s1. The van der Waals surface area contributed by atoms with Gasteiger partial charge >= 0.3 is 5.97 Å². The van der Waals surface area contributed by atoms with Crippen LogP contribution in [-0.4, -0.2) is 40.8 Å². The molecule has 4 atom stereocenters. The zero-order valence-corrected chi connectivity index (χ0v) is 13.4. The number of rotatable bonds is 3. The first kappa shape index (κ1) is 15.7. The summed E-state index contributed by atoms with van der Waals surface area (Å²) >= 11 is 25.4. The highest BCUT2D eigenvalue weighted by Gasteiger charge is 2.85. The quantitative estimate of drug-likeness (QED) is 0.628. The van der Waals surface area contributed by atoms with Gasteiger partial charge in [0, 0.05) is 20.1 Å². The van der Waals surface area contributed by atoms with Gasteiger partial charge in [-0.25, -0.2) is 0 Å². The SMILES string of the molecule is COC1(OC)C2(Cl)C(Cl)=C(Cl)C1(Cl)[C@@H](C(=O)O)[C@@H]2C. The Balaban J connectivity index is 2.81. The number of aliphatic carboxylic acids is 1. The summed E-state index contributed by atoms with van der Waals surface area (Å²) in [7, 11) is 2.66. The Hall–Kier alpha value is 0.290. The van der Waals surface area contributed by atoms with Crippen LogP contribution in [0.15, 0.2) is 10.1 Å².